The molecule has 16 nitrogen and oxygen atoms in total. The summed E-state index contributed by atoms with van der Waals surface area (Å²) in [5, 5.41) is 20.0. The number of pyridine rings is 2. The third-order valence-corrected chi connectivity index (χ3v) is 20.6. The molecule has 0 amide bonds. The predicted octanol–water partition coefficient (Wildman–Crippen LogP) is 7.68. The van der Waals surface area contributed by atoms with Gasteiger partial charge in [-0.3, -0.25) is 0 Å². The van der Waals surface area contributed by atoms with Crippen LogP contribution in [0.1, 0.15) is 36.8 Å². The number of aryl methyl sites for hydroxylation is 2. The van der Waals surface area contributed by atoms with Crippen LogP contribution in [0.15, 0.2) is 154 Å². The summed E-state index contributed by atoms with van der Waals surface area (Å²) in [5.41, 5.74) is 3.67. The number of aromatic nitrogens is 4. The first-order valence-corrected chi connectivity index (χ1v) is 29.9. The molecule has 24 heteroatoms. The molecule has 376 valence electrons. The van der Waals surface area contributed by atoms with Gasteiger partial charge in [-0.25, -0.2) is 51.6 Å². The molecule has 2 fully saturated rings. The minimum absolute atomic E-state index is 0.116. The van der Waals surface area contributed by atoms with Gasteiger partial charge in [-0.15, -0.1) is 0 Å². The molecule has 6 heterocycles. The number of sulfonamides is 2. The summed E-state index contributed by atoms with van der Waals surface area (Å²) in [6, 6.07) is 28.8. The van der Waals surface area contributed by atoms with E-state index < -0.39 is 47.2 Å². The molecule has 4 aromatic carbocycles. The molecule has 0 saturated carbocycles. The topological polar surface area (TPSA) is 219 Å². The molecule has 8 aromatic rings. The molecule has 0 bridgehead atoms. The van der Waals surface area contributed by atoms with Crippen LogP contribution >= 0.6 is 45.8 Å². The first-order valence-electron chi connectivity index (χ1n) is 22.3. The standard InChI is InChI=1S/C24H22ClN3O4S2.C14H10ClIN2O2S.C10H14BNO4S/c1-17-7-9-19(10-8-17)34(31,32)28-16-21(23-22(25)11-12-26-24(23)28)18-5-4-6-20(15-18)33(29,30)27-13-2-3-14-27;1-9-2-4-10(5-3-9)21(19,20)18-8-12(16)13-11(15)6-7-17-14(13)18;13-11(14)9-4-3-5-10(8-9)17(15,16)12-6-1-2-7-12/h4-12,15-16H,2-3,13-14H2,1H3;2-8H,1H3;3-5,8,13-14H,1-2,6-7H2. The summed E-state index contributed by atoms with van der Waals surface area (Å²) in [7, 11) is -16.4. The number of hydrogen-bond acceptors (Lipinski definition) is 12. The van der Waals surface area contributed by atoms with E-state index in [0.29, 0.717) is 63.8 Å². The molecule has 2 aliphatic rings. The van der Waals surface area contributed by atoms with Crippen molar-refractivity contribution >= 4 is 121 Å². The maximum atomic E-state index is 13.5. The van der Waals surface area contributed by atoms with Crippen molar-refractivity contribution in [3.63, 3.8) is 0 Å². The summed E-state index contributed by atoms with van der Waals surface area (Å²) in [6.45, 7) is 5.85. The van der Waals surface area contributed by atoms with E-state index in [2.05, 4.69) is 32.6 Å². The van der Waals surface area contributed by atoms with E-state index in [0.717, 1.165) is 44.4 Å². The Kier molecular flexibility index (Phi) is 16.1. The van der Waals surface area contributed by atoms with Gasteiger partial charge in [0.2, 0.25) is 20.0 Å². The first kappa shape index (κ1) is 53.6. The Morgan fingerprint density at radius 2 is 0.958 bits per heavy atom. The number of rotatable bonds is 10. The van der Waals surface area contributed by atoms with Gasteiger partial charge in [-0.2, -0.15) is 8.61 Å². The smallest absolute Gasteiger partial charge is 0.423 e. The summed E-state index contributed by atoms with van der Waals surface area (Å²) >= 11 is 14.7. The fourth-order valence-electron chi connectivity index (χ4n) is 8.18. The van der Waals surface area contributed by atoms with Gasteiger partial charge in [0.25, 0.3) is 20.0 Å². The van der Waals surface area contributed by atoms with E-state index in [4.69, 9.17) is 33.2 Å². The Bertz CT molecular complexity index is 3780. The van der Waals surface area contributed by atoms with Crippen LogP contribution in [-0.4, -0.2) is 104 Å². The molecular weight excluding hydrogens is 1160 g/mol. The van der Waals surface area contributed by atoms with Crippen LogP contribution in [0.5, 0.6) is 0 Å². The Morgan fingerprint density at radius 1 is 0.528 bits per heavy atom. The second-order valence-corrected chi connectivity index (χ2v) is 26.4. The van der Waals surface area contributed by atoms with Crippen LogP contribution in [-0.2, 0) is 40.1 Å². The monoisotopic (exact) mass is 1200 g/mol. The van der Waals surface area contributed by atoms with Crippen LogP contribution in [0.4, 0.5) is 0 Å². The van der Waals surface area contributed by atoms with Gasteiger partial charge in [-0.05, 0) is 134 Å². The quantitative estimate of drug-likeness (QED) is 0.0996. The van der Waals surface area contributed by atoms with Gasteiger partial charge < -0.3 is 10.0 Å². The Labute approximate surface area is 442 Å². The minimum Gasteiger partial charge on any atom is -0.423 e. The van der Waals surface area contributed by atoms with Crippen LogP contribution in [0.2, 0.25) is 10.0 Å². The zero-order chi connectivity index (χ0) is 51.8. The number of benzene rings is 4. The Morgan fingerprint density at radius 3 is 1.44 bits per heavy atom. The maximum absolute atomic E-state index is 13.5. The average Bonchev–Trinajstić information content (AvgIpc) is 4.21. The second-order valence-electron chi connectivity index (χ2n) is 16.9. The normalized spacial score (nSPS) is 14.8. The number of fused-ring (bicyclic) bond motifs is 2. The van der Waals surface area contributed by atoms with Gasteiger partial charge >= 0.3 is 7.12 Å². The Hall–Kier alpha value is -4.73. The molecule has 4 aromatic heterocycles. The average molecular weight is 1200 g/mol. The molecule has 0 unspecified atom stereocenters. The molecule has 2 N–H and O–H groups in total. The molecule has 2 saturated heterocycles. The SMILES string of the molecule is Cc1ccc(S(=O)(=O)n2cc(-c3cccc(S(=O)(=O)N4CCCC4)c3)c3c(Cl)ccnc32)cc1.Cc1ccc(S(=O)(=O)n2cc(I)c3c(Cl)ccnc32)cc1.O=S(=O)(c1cccc(B(O)O)c1)N1CCCC1. The zero-order valence-corrected chi connectivity index (χ0v) is 45.5. The van der Waals surface area contributed by atoms with Crippen LogP contribution in [0, 0.1) is 17.4 Å². The highest BCUT2D eigenvalue weighted by atomic mass is 127. The third kappa shape index (κ3) is 10.9. The third-order valence-electron chi connectivity index (χ3n) is 12.0. The fraction of sp³-hybridized carbons (Fsp3) is 0.208. The van der Waals surface area contributed by atoms with Crippen LogP contribution in [0.3, 0.4) is 0 Å². The minimum atomic E-state index is -3.97. The fourth-order valence-corrected chi connectivity index (χ4v) is 15.6. The van der Waals surface area contributed by atoms with Crippen molar-refractivity contribution in [1.29, 1.82) is 0 Å². The van der Waals surface area contributed by atoms with Crippen LogP contribution in [0.25, 0.3) is 33.2 Å². The second kappa shape index (κ2) is 21.6. The first-order chi connectivity index (χ1) is 34.1. The molecule has 72 heavy (non-hydrogen) atoms. The molecule has 10 rings (SSSR count). The van der Waals surface area contributed by atoms with Crippen molar-refractivity contribution in [2.75, 3.05) is 26.2 Å². The zero-order valence-electron chi connectivity index (χ0n) is 38.5. The van der Waals surface area contributed by atoms with Gasteiger partial charge in [0, 0.05) is 65.5 Å². The van der Waals surface area contributed by atoms with Crippen molar-refractivity contribution in [3.05, 3.63) is 159 Å². The van der Waals surface area contributed by atoms with Crippen molar-refractivity contribution in [1.82, 2.24) is 26.5 Å². The summed E-state index contributed by atoms with van der Waals surface area (Å²) in [5.74, 6) is 0. The lowest BCUT2D eigenvalue weighted by Crippen LogP contribution is -2.32. The number of hydrogen-bond donors (Lipinski definition) is 2. The van der Waals surface area contributed by atoms with E-state index in [1.807, 2.05) is 13.8 Å². The highest BCUT2D eigenvalue weighted by molar-refractivity contribution is 14.1. The highest BCUT2D eigenvalue weighted by Crippen LogP contribution is 2.38. The summed E-state index contributed by atoms with van der Waals surface area (Å²) in [6.07, 6.45) is 9.38. The number of halogens is 3. The molecule has 0 spiro atoms. The van der Waals surface area contributed by atoms with Crippen molar-refractivity contribution in [2.45, 2.75) is 59.1 Å². The lowest BCUT2D eigenvalue weighted by Gasteiger charge is -2.16. The largest absolute Gasteiger partial charge is 0.488 e. The van der Waals surface area contributed by atoms with Crippen molar-refractivity contribution in [2.24, 2.45) is 0 Å². The summed E-state index contributed by atoms with van der Waals surface area (Å²) < 4.78 is 109. The van der Waals surface area contributed by atoms with E-state index in [1.54, 1.807) is 91.1 Å². The van der Waals surface area contributed by atoms with Crippen molar-refractivity contribution < 1.29 is 43.7 Å². The van der Waals surface area contributed by atoms with E-state index in [-0.39, 0.29) is 30.7 Å². The lowest BCUT2D eigenvalue weighted by molar-refractivity contribution is 0.425. The molecule has 0 aliphatic carbocycles. The van der Waals surface area contributed by atoms with Gasteiger partial charge in [0.1, 0.15) is 0 Å². The molecule has 2 aliphatic heterocycles. The molecule has 0 atom stereocenters. The number of nitrogens with zero attached hydrogens (tertiary/aromatic N) is 6. The van der Waals surface area contributed by atoms with Crippen LogP contribution < -0.4 is 5.46 Å². The molecular formula is C48H46BCl2IN6O10S4. The molecule has 0 radical (unpaired) electrons. The van der Waals surface area contributed by atoms with Gasteiger partial charge in [0.15, 0.2) is 11.3 Å². The maximum Gasteiger partial charge on any atom is 0.488 e. The van der Waals surface area contributed by atoms with Crippen molar-refractivity contribution in [3.8, 4) is 11.1 Å². The van der Waals surface area contributed by atoms with E-state index in [1.165, 1.54) is 55.4 Å². The highest BCUT2D eigenvalue weighted by Gasteiger charge is 2.30. The Balaban J connectivity index is 0.000000156. The predicted molar refractivity (Wildman–Crippen MR) is 287 cm³/mol. The lowest BCUT2D eigenvalue weighted by atomic mass is 9.80. The summed E-state index contributed by atoms with van der Waals surface area (Å²) in [4.78, 5) is 9.09. The van der Waals surface area contributed by atoms with E-state index in [9.17, 15) is 33.7 Å². The van der Waals surface area contributed by atoms with E-state index >= 15 is 0 Å². The van der Waals surface area contributed by atoms with Gasteiger partial charge in [0.05, 0.1) is 35.0 Å². The van der Waals surface area contributed by atoms with Gasteiger partial charge in [-0.1, -0.05) is 82.9 Å².